The van der Waals surface area contributed by atoms with Gasteiger partial charge in [-0.25, -0.2) is 10.8 Å². The van der Waals surface area contributed by atoms with E-state index in [1.54, 1.807) is 6.20 Å². The Hall–Kier alpha value is -1.16. The number of hydrogen-bond donors (Lipinski definition) is 2. The molecule has 0 saturated carbocycles. The van der Waals surface area contributed by atoms with Crippen molar-refractivity contribution >= 4 is 5.82 Å². The molecule has 0 fully saturated rings. The molecule has 0 aliphatic carbocycles. The molecule has 4 heteroatoms. The summed E-state index contributed by atoms with van der Waals surface area (Å²) in [6, 6.07) is 0. The van der Waals surface area contributed by atoms with Crippen LogP contribution < -0.4 is 11.3 Å². The van der Waals surface area contributed by atoms with Crippen LogP contribution in [0.3, 0.4) is 0 Å². The zero-order valence-corrected chi connectivity index (χ0v) is 7.46. The molecular weight excluding hydrogens is 152 g/mol. The normalized spacial score (nSPS) is 9.92. The van der Waals surface area contributed by atoms with Crippen molar-refractivity contribution in [2.24, 2.45) is 5.84 Å². The Kier molecular flexibility index (Phi) is 2.99. The van der Waals surface area contributed by atoms with E-state index >= 15 is 0 Å². The standard InChI is InChI=1S/C8H14N4/c1-3-4-7-5-10-8(12-9)6(2)11-7/h5H,3-4,9H2,1-2H3,(H,10,12). The second-order valence-corrected chi connectivity index (χ2v) is 2.69. The van der Waals surface area contributed by atoms with Crippen molar-refractivity contribution < 1.29 is 0 Å². The smallest absolute Gasteiger partial charge is 0.161 e. The van der Waals surface area contributed by atoms with Gasteiger partial charge in [0.05, 0.1) is 17.6 Å². The van der Waals surface area contributed by atoms with Gasteiger partial charge in [0.15, 0.2) is 5.82 Å². The van der Waals surface area contributed by atoms with Gasteiger partial charge in [0.2, 0.25) is 0 Å². The maximum atomic E-state index is 5.22. The molecule has 0 aromatic carbocycles. The minimum atomic E-state index is 0.648. The summed E-state index contributed by atoms with van der Waals surface area (Å²) in [4.78, 5) is 8.45. The van der Waals surface area contributed by atoms with Crippen LogP contribution in [-0.2, 0) is 6.42 Å². The number of hydrogen-bond acceptors (Lipinski definition) is 4. The molecule has 3 N–H and O–H groups in total. The van der Waals surface area contributed by atoms with Gasteiger partial charge in [-0.1, -0.05) is 13.3 Å². The van der Waals surface area contributed by atoms with Gasteiger partial charge in [-0.15, -0.1) is 0 Å². The SMILES string of the molecule is CCCc1cnc(NN)c(C)n1. The third-order valence-corrected chi connectivity index (χ3v) is 1.64. The molecule has 4 nitrogen and oxygen atoms in total. The molecule has 1 aromatic rings. The van der Waals surface area contributed by atoms with E-state index in [1.807, 2.05) is 6.92 Å². The van der Waals surface area contributed by atoms with Gasteiger partial charge in [0.1, 0.15) is 0 Å². The van der Waals surface area contributed by atoms with E-state index in [4.69, 9.17) is 5.84 Å². The van der Waals surface area contributed by atoms with Crippen molar-refractivity contribution in [1.29, 1.82) is 0 Å². The van der Waals surface area contributed by atoms with Gasteiger partial charge >= 0.3 is 0 Å². The topological polar surface area (TPSA) is 63.8 Å². The second kappa shape index (κ2) is 4.01. The van der Waals surface area contributed by atoms with E-state index < -0.39 is 0 Å². The van der Waals surface area contributed by atoms with E-state index in [9.17, 15) is 0 Å². The molecule has 0 saturated heterocycles. The number of nitrogens with zero attached hydrogens (tertiary/aromatic N) is 2. The Labute approximate surface area is 72.2 Å². The molecule has 1 rings (SSSR count). The van der Waals surface area contributed by atoms with Crippen LogP contribution in [-0.4, -0.2) is 9.97 Å². The largest absolute Gasteiger partial charge is 0.307 e. The van der Waals surface area contributed by atoms with E-state index in [1.165, 1.54) is 0 Å². The highest BCUT2D eigenvalue weighted by molar-refractivity contribution is 5.37. The van der Waals surface area contributed by atoms with Crippen molar-refractivity contribution in [3.8, 4) is 0 Å². The lowest BCUT2D eigenvalue weighted by atomic mass is 10.2. The van der Waals surface area contributed by atoms with Gasteiger partial charge in [0, 0.05) is 0 Å². The Bertz CT molecular complexity index is 259. The quantitative estimate of drug-likeness (QED) is 0.520. The number of nitrogen functional groups attached to an aromatic ring is 1. The average molecular weight is 166 g/mol. The lowest BCUT2D eigenvalue weighted by Crippen LogP contribution is -2.11. The molecule has 0 atom stereocenters. The molecule has 0 radical (unpaired) electrons. The summed E-state index contributed by atoms with van der Waals surface area (Å²) in [5.74, 6) is 5.87. The molecule has 66 valence electrons. The molecule has 1 aromatic heterocycles. The number of aryl methyl sites for hydroxylation is 2. The minimum absolute atomic E-state index is 0.648. The van der Waals surface area contributed by atoms with Crippen LogP contribution >= 0.6 is 0 Å². The van der Waals surface area contributed by atoms with Crippen LogP contribution in [0.4, 0.5) is 5.82 Å². The Balaban J connectivity index is 2.86. The van der Waals surface area contributed by atoms with Crippen LogP contribution in [0.1, 0.15) is 24.7 Å². The van der Waals surface area contributed by atoms with E-state index in [-0.39, 0.29) is 0 Å². The average Bonchev–Trinajstić information content (AvgIpc) is 2.05. The summed E-state index contributed by atoms with van der Waals surface area (Å²) >= 11 is 0. The summed E-state index contributed by atoms with van der Waals surface area (Å²) < 4.78 is 0. The lowest BCUT2D eigenvalue weighted by Gasteiger charge is -2.04. The highest BCUT2D eigenvalue weighted by Crippen LogP contribution is 2.07. The van der Waals surface area contributed by atoms with Gasteiger partial charge in [0.25, 0.3) is 0 Å². The lowest BCUT2D eigenvalue weighted by molar-refractivity contribution is 0.860. The van der Waals surface area contributed by atoms with Crippen molar-refractivity contribution in [1.82, 2.24) is 9.97 Å². The maximum Gasteiger partial charge on any atom is 0.161 e. The Morgan fingerprint density at radius 1 is 1.58 bits per heavy atom. The van der Waals surface area contributed by atoms with E-state index in [0.717, 1.165) is 24.2 Å². The number of aromatic nitrogens is 2. The summed E-state index contributed by atoms with van der Waals surface area (Å²) in [7, 11) is 0. The zero-order chi connectivity index (χ0) is 8.97. The third kappa shape index (κ3) is 1.92. The van der Waals surface area contributed by atoms with E-state index in [0.29, 0.717) is 5.82 Å². The van der Waals surface area contributed by atoms with Crippen molar-refractivity contribution in [2.75, 3.05) is 5.43 Å². The summed E-state index contributed by atoms with van der Waals surface area (Å²) in [5.41, 5.74) is 4.36. The van der Waals surface area contributed by atoms with Crippen LogP contribution in [0, 0.1) is 6.92 Å². The zero-order valence-electron chi connectivity index (χ0n) is 7.46. The number of nitrogens with two attached hydrogens (primary N) is 1. The molecule has 0 aliphatic rings. The molecule has 1 heterocycles. The fourth-order valence-corrected chi connectivity index (χ4v) is 1.05. The first kappa shape index (κ1) is 8.93. The molecule has 0 unspecified atom stereocenters. The first-order valence-corrected chi connectivity index (χ1v) is 4.07. The molecule has 0 amide bonds. The van der Waals surface area contributed by atoms with E-state index in [2.05, 4.69) is 22.3 Å². The predicted molar refractivity (Wildman–Crippen MR) is 48.6 cm³/mol. The van der Waals surface area contributed by atoms with Crippen LogP contribution in [0.2, 0.25) is 0 Å². The van der Waals surface area contributed by atoms with Crippen molar-refractivity contribution in [3.63, 3.8) is 0 Å². The first-order valence-electron chi connectivity index (χ1n) is 4.07. The third-order valence-electron chi connectivity index (χ3n) is 1.64. The molecule has 12 heavy (non-hydrogen) atoms. The highest BCUT2D eigenvalue weighted by Gasteiger charge is 2.00. The van der Waals surface area contributed by atoms with Gasteiger partial charge in [-0.05, 0) is 13.3 Å². The summed E-state index contributed by atoms with van der Waals surface area (Å²) in [5, 5.41) is 0. The van der Waals surface area contributed by atoms with Crippen molar-refractivity contribution in [2.45, 2.75) is 26.7 Å². The van der Waals surface area contributed by atoms with Crippen LogP contribution in [0.15, 0.2) is 6.20 Å². The molecular formula is C8H14N4. The fraction of sp³-hybridized carbons (Fsp3) is 0.500. The maximum absolute atomic E-state index is 5.22. The predicted octanol–water partition coefficient (Wildman–Crippen LogP) is 1.02. The molecule has 0 spiro atoms. The van der Waals surface area contributed by atoms with Crippen LogP contribution in [0.25, 0.3) is 0 Å². The highest BCUT2D eigenvalue weighted by atomic mass is 15.3. The van der Waals surface area contributed by atoms with Crippen LogP contribution in [0.5, 0.6) is 0 Å². The van der Waals surface area contributed by atoms with Gasteiger partial charge < -0.3 is 5.43 Å². The summed E-state index contributed by atoms with van der Waals surface area (Å²) in [6.07, 6.45) is 3.81. The monoisotopic (exact) mass is 166 g/mol. The number of rotatable bonds is 3. The van der Waals surface area contributed by atoms with Gasteiger partial charge in [-0.3, -0.25) is 4.98 Å². The van der Waals surface area contributed by atoms with Crippen molar-refractivity contribution in [3.05, 3.63) is 17.6 Å². The van der Waals surface area contributed by atoms with Gasteiger partial charge in [-0.2, -0.15) is 0 Å². The summed E-state index contributed by atoms with van der Waals surface area (Å²) in [6.45, 7) is 4.01. The number of hydrazine groups is 1. The minimum Gasteiger partial charge on any atom is -0.307 e. The number of nitrogens with one attached hydrogen (secondary N) is 1. The molecule has 0 aliphatic heterocycles. The molecule has 0 bridgehead atoms. The number of anilines is 1. The first-order chi connectivity index (χ1) is 5.77. The Morgan fingerprint density at radius 3 is 2.83 bits per heavy atom. The fourth-order valence-electron chi connectivity index (χ4n) is 1.05. The Morgan fingerprint density at radius 2 is 2.33 bits per heavy atom. The second-order valence-electron chi connectivity index (χ2n) is 2.69.